The van der Waals surface area contributed by atoms with E-state index in [1.165, 1.54) is 19.3 Å². The van der Waals surface area contributed by atoms with E-state index in [1.54, 1.807) is 11.7 Å². The van der Waals surface area contributed by atoms with Crippen LogP contribution in [0.4, 0.5) is 5.82 Å². The number of rotatable bonds is 5. The number of aliphatic hydroxyl groups excluding tert-OH is 1. The van der Waals surface area contributed by atoms with Crippen molar-refractivity contribution in [3.05, 3.63) is 11.8 Å². The smallest absolute Gasteiger partial charge is 0.314 e. The average Bonchev–Trinajstić information content (AvgIpc) is 2.99. The number of carbonyl (C=O) groups excluding carboxylic acids is 2. The predicted octanol–water partition coefficient (Wildman–Crippen LogP) is 1.93. The van der Waals surface area contributed by atoms with Crippen LogP contribution in [0.5, 0.6) is 0 Å². The molecular formula is C19H30N4O3. The van der Waals surface area contributed by atoms with Crippen molar-refractivity contribution in [3.63, 3.8) is 0 Å². The molecular weight excluding hydrogens is 332 g/mol. The molecule has 0 bridgehead atoms. The number of amides is 2. The van der Waals surface area contributed by atoms with Crippen LogP contribution in [0.2, 0.25) is 0 Å². The van der Waals surface area contributed by atoms with Crippen molar-refractivity contribution >= 4 is 17.6 Å². The number of aryl methyl sites for hydroxylation is 1. The molecule has 2 aliphatic carbocycles. The van der Waals surface area contributed by atoms with Crippen LogP contribution in [0.3, 0.4) is 0 Å². The Labute approximate surface area is 154 Å². The summed E-state index contributed by atoms with van der Waals surface area (Å²) in [5.41, 5.74) is 0.661. The van der Waals surface area contributed by atoms with Gasteiger partial charge in [0.25, 0.3) is 0 Å². The summed E-state index contributed by atoms with van der Waals surface area (Å²) < 4.78 is 1.62. The van der Waals surface area contributed by atoms with E-state index in [0.29, 0.717) is 18.3 Å². The quantitative estimate of drug-likeness (QED) is 0.697. The monoisotopic (exact) mass is 362 g/mol. The minimum absolute atomic E-state index is 0.00831. The lowest BCUT2D eigenvalue weighted by atomic mass is 9.87. The fraction of sp³-hybridized carbons (Fsp3) is 0.737. The second kappa shape index (κ2) is 7.02. The molecule has 0 aromatic carbocycles. The molecule has 3 rings (SSSR count). The SMILES string of the molecule is Cn1nc(C2CCCCC2)cc1NC(=O)C(=O)NCC1(CO)CC1(C)C. The first-order valence-corrected chi connectivity index (χ1v) is 9.52. The number of anilines is 1. The van der Waals surface area contributed by atoms with E-state index in [0.717, 1.165) is 25.0 Å². The Balaban J connectivity index is 1.56. The van der Waals surface area contributed by atoms with Crippen molar-refractivity contribution in [2.24, 2.45) is 17.9 Å². The number of carbonyl (C=O) groups is 2. The second-order valence-electron chi connectivity index (χ2n) is 8.55. The normalized spacial score (nSPS) is 24.9. The number of nitrogens with one attached hydrogen (secondary N) is 2. The fourth-order valence-electron chi connectivity index (χ4n) is 4.14. The number of nitrogens with zero attached hydrogens (tertiary/aromatic N) is 2. The molecule has 7 nitrogen and oxygen atoms in total. The Morgan fingerprint density at radius 2 is 1.92 bits per heavy atom. The molecule has 0 aliphatic heterocycles. The lowest BCUT2D eigenvalue weighted by Gasteiger charge is -2.19. The van der Waals surface area contributed by atoms with E-state index in [-0.39, 0.29) is 17.4 Å². The highest BCUT2D eigenvalue weighted by atomic mass is 16.3. The van der Waals surface area contributed by atoms with Gasteiger partial charge in [-0.2, -0.15) is 5.10 Å². The Morgan fingerprint density at radius 1 is 1.27 bits per heavy atom. The molecule has 0 saturated heterocycles. The van der Waals surface area contributed by atoms with Gasteiger partial charge in [0.05, 0.1) is 12.3 Å². The van der Waals surface area contributed by atoms with Crippen molar-refractivity contribution < 1.29 is 14.7 Å². The molecule has 3 N–H and O–H groups in total. The first-order chi connectivity index (χ1) is 12.3. The molecule has 1 atom stereocenters. The highest BCUT2D eigenvalue weighted by molar-refractivity contribution is 6.39. The molecule has 1 heterocycles. The molecule has 0 spiro atoms. The summed E-state index contributed by atoms with van der Waals surface area (Å²) in [6.07, 6.45) is 6.81. The zero-order chi connectivity index (χ0) is 18.9. The highest BCUT2D eigenvalue weighted by Gasteiger charge is 2.60. The molecule has 2 saturated carbocycles. The van der Waals surface area contributed by atoms with E-state index in [1.807, 2.05) is 6.07 Å². The van der Waals surface area contributed by atoms with Crippen LogP contribution >= 0.6 is 0 Å². The van der Waals surface area contributed by atoms with Crippen LogP contribution in [-0.2, 0) is 16.6 Å². The van der Waals surface area contributed by atoms with Crippen molar-refractivity contribution in [2.75, 3.05) is 18.5 Å². The zero-order valence-corrected chi connectivity index (χ0v) is 16.0. The third kappa shape index (κ3) is 3.63. The summed E-state index contributed by atoms with van der Waals surface area (Å²) in [5.74, 6) is -0.402. The van der Waals surface area contributed by atoms with Gasteiger partial charge in [0.2, 0.25) is 0 Å². The molecule has 7 heteroatoms. The Morgan fingerprint density at radius 3 is 2.50 bits per heavy atom. The molecule has 144 valence electrons. The summed E-state index contributed by atoms with van der Waals surface area (Å²) in [4.78, 5) is 24.3. The van der Waals surface area contributed by atoms with Gasteiger partial charge in [-0.05, 0) is 24.7 Å². The number of aromatic nitrogens is 2. The highest BCUT2D eigenvalue weighted by Crippen LogP contribution is 2.62. The van der Waals surface area contributed by atoms with Gasteiger partial charge in [-0.15, -0.1) is 0 Å². The summed E-state index contributed by atoms with van der Waals surface area (Å²) in [6.45, 7) is 4.42. The average molecular weight is 362 g/mol. The second-order valence-corrected chi connectivity index (χ2v) is 8.55. The lowest BCUT2D eigenvalue weighted by Crippen LogP contribution is -2.40. The fourth-order valence-corrected chi connectivity index (χ4v) is 4.14. The van der Waals surface area contributed by atoms with Crippen LogP contribution in [-0.4, -0.2) is 39.9 Å². The third-order valence-electron chi connectivity index (χ3n) is 6.35. The first kappa shape index (κ1) is 18.9. The number of hydrogen-bond donors (Lipinski definition) is 3. The van der Waals surface area contributed by atoms with Crippen molar-refractivity contribution in [1.82, 2.24) is 15.1 Å². The van der Waals surface area contributed by atoms with Gasteiger partial charge in [-0.1, -0.05) is 33.1 Å². The van der Waals surface area contributed by atoms with E-state index in [4.69, 9.17) is 0 Å². The van der Waals surface area contributed by atoms with Crippen LogP contribution < -0.4 is 10.6 Å². The molecule has 1 aromatic rings. The Kier molecular flexibility index (Phi) is 5.10. The first-order valence-electron chi connectivity index (χ1n) is 9.52. The Hall–Kier alpha value is -1.89. The summed E-state index contributed by atoms with van der Waals surface area (Å²) in [5, 5.41) is 19.4. The zero-order valence-electron chi connectivity index (χ0n) is 16.0. The molecule has 2 fully saturated rings. The summed E-state index contributed by atoms with van der Waals surface area (Å²) in [6, 6.07) is 1.88. The minimum atomic E-state index is -0.699. The largest absolute Gasteiger partial charge is 0.396 e. The molecule has 26 heavy (non-hydrogen) atoms. The van der Waals surface area contributed by atoms with E-state index in [2.05, 4.69) is 29.6 Å². The standard InChI is InChI=1S/C19H30N4O3/c1-18(2)10-19(18,12-24)11-20-16(25)17(26)21-15-9-14(22-23(15)3)13-7-5-4-6-8-13/h9,13,24H,4-8,10-12H2,1-3H3,(H,20,25)(H,21,26). The van der Waals surface area contributed by atoms with Crippen LogP contribution in [0, 0.1) is 10.8 Å². The van der Waals surface area contributed by atoms with Gasteiger partial charge in [0, 0.05) is 31.0 Å². The minimum Gasteiger partial charge on any atom is -0.396 e. The molecule has 2 amide bonds. The summed E-state index contributed by atoms with van der Waals surface area (Å²) in [7, 11) is 1.77. The number of aliphatic hydroxyl groups is 1. The van der Waals surface area contributed by atoms with E-state index in [9.17, 15) is 14.7 Å². The van der Waals surface area contributed by atoms with Gasteiger partial charge >= 0.3 is 11.8 Å². The van der Waals surface area contributed by atoms with Crippen molar-refractivity contribution in [3.8, 4) is 0 Å². The Bertz CT molecular complexity index is 691. The molecule has 2 aliphatic rings. The molecule has 1 aromatic heterocycles. The topological polar surface area (TPSA) is 96.2 Å². The van der Waals surface area contributed by atoms with Crippen LogP contribution in [0.25, 0.3) is 0 Å². The number of hydrogen-bond acceptors (Lipinski definition) is 4. The predicted molar refractivity (Wildman–Crippen MR) is 98.6 cm³/mol. The van der Waals surface area contributed by atoms with Gasteiger partial charge in [0.1, 0.15) is 5.82 Å². The summed E-state index contributed by atoms with van der Waals surface area (Å²) >= 11 is 0. The van der Waals surface area contributed by atoms with E-state index < -0.39 is 11.8 Å². The van der Waals surface area contributed by atoms with Crippen LogP contribution in [0.1, 0.15) is 64.0 Å². The third-order valence-corrected chi connectivity index (χ3v) is 6.35. The van der Waals surface area contributed by atoms with E-state index >= 15 is 0 Å². The maximum atomic E-state index is 12.2. The van der Waals surface area contributed by atoms with Crippen LogP contribution in [0.15, 0.2) is 6.07 Å². The molecule has 0 radical (unpaired) electrons. The maximum absolute atomic E-state index is 12.2. The molecule has 1 unspecified atom stereocenters. The van der Waals surface area contributed by atoms with Gasteiger partial charge in [0.15, 0.2) is 0 Å². The van der Waals surface area contributed by atoms with Gasteiger partial charge in [-0.25, -0.2) is 0 Å². The van der Waals surface area contributed by atoms with Crippen molar-refractivity contribution in [2.45, 2.75) is 58.3 Å². The van der Waals surface area contributed by atoms with Crippen molar-refractivity contribution in [1.29, 1.82) is 0 Å². The maximum Gasteiger partial charge on any atom is 0.314 e. The lowest BCUT2D eigenvalue weighted by molar-refractivity contribution is -0.136. The van der Waals surface area contributed by atoms with Gasteiger partial charge in [-0.3, -0.25) is 14.3 Å². The van der Waals surface area contributed by atoms with Gasteiger partial charge < -0.3 is 15.7 Å².